The third-order valence-electron chi connectivity index (χ3n) is 3.96. The van der Waals surface area contributed by atoms with E-state index >= 15 is 0 Å². The van der Waals surface area contributed by atoms with E-state index in [0.29, 0.717) is 20.5 Å². The zero-order chi connectivity index (χ0) is 19.4. The normalized spacial score (nSPS) is 15.5. The zero-order valence-electron chi connectivity index (χ0n) is 14.6. The van der Waals surface area contributed by atoms with Gasteiger partial charge < -0.3 is 5.32 Å². The highest BCUT2D eigenvalue weighted by Gasteiger charge is 2.32. The van der Waals surface area contributed by atoms with Crippen LogP contribution in [0.2, 0.25) is 0 Å². The summed E-state index contributed by atoms with van der Waals surface area (Å²) in [7, 11) is 0. The fourth-order valence-electron chi connectivity index (χ4n) is 2.50. The predicted octanol–water partition coefficient (Wildman–Crippen LogP) is 4.36. The van der Waals surface area contributed by atoms with Crippen LogP contribution in [0.15, 0.2) is 53.4 Å². The number of hydrogen-bond donors (Lipinski definition) is 1. The Morgan fingerprint density at radius 3 is 2.63 bits per heavy atom. The van der Waals surface area contributed by atoms with Crippen LogP contribution in [0.1, 0.15) is 17.5 Å². The number of aryl methyl sites for hydroxylation is 1. The molecular weight excluding hydrogens is 383 g/mol. The van der Waals surface area contributed by atoms with E-state index in [1.54, 1.807) is 18.2 Å². The molecule has 0 bridgehead atoms. The van der Waals surface area contributed by atoms with E-state index in [-0.39, 0.29) is 24.8 Å². The van der Waals surface area contributed by atoms with E-state index in [4.69, 9.17) is 12.2 Å². The Kier molecular flexibility index (Phi) is 6.03. The van der Waals surface area contributed by atoms with Crippen molar-refractivity contribution in [1.29, 1.82) is 0 Å². The zero-order valence-corrected chi connectivity index (χ0v) is 16.2. The lowest BCUT2D eigenvalue weighted by Crippen LogP contribution is -2.31. The molecule has 4 nitrogen and oxygen atoms in total. The van der Waals surface area contributed by atoms with Crippen molar-refractivity contribution in [1.82, 2.24) is 4.90 Å². The second-order valence-electron chi connectivity index (χ2n) is 6.02. The number of hydrogen-bond acceptors (Lipinski definition) is 4. The number of carbonyl (C=O) groups excluding carboxylic acids is 2. The molecule has 0 radical (unpaired) electrons. The number of thioether (sulfide) groups is 1. The number of rotatable bonds is 5. The Morgan fingerprint density at radius 2 is 1.93 bits per heavy atom. The molecule has 1 heterocycles. The van der Waals surface area contributed by atoms with Crippen LogP contribution in [0, 0.1) is 12.7 Å². The number of carbonyl (C=O) groups is 2. The van der Waals surface area contributed by atoms with Crippen LogP contribution in [0.3, 0.4) is 0 Å². The molecule has 2 amide bonds. The average Bonchev–Trinajstić information content (AvgIpc) is 2.90. The summed E-state index contributed by atoms with van der Waals surface area (Å²) in [5.74, 6) is -0.914. The van der Waals surface area contributed by atoms with Crippen LogP contribution in [0.25, 0.3) is 6.08 Å². The molecule has 138 valence electrons. The van der Waals surface area contributed by atoms with Gasteiger partial charge in [0.2, 0.25) is 5.91 Å². The minimum atomic E-state index is -0.403. The highest BCUT2D eigenvalue weighted by Crippen LogP contribution is 2.33. The predicted molar refractivity (Wildman–Crippen MR) is 111 cm³/mol. The third kappa shape index (κ3) is 4.81. The van der Waals surface area contributed by atoms with Crippen LogP contribution in [0.5, 0.6) is 0 Å². The van der Waals surface area contributed by atoms with Crippen LogP contribution >= 0.6 is 24.0 Å². The largest absolute Gasteiger partial charge is 0.326 e. The molecule has 7 heteroatoms. The monoisotopic (exact) mass is 400 g/mol. The topological polar surface area (TPSA) is 49.4 Å². The van der Waals surface area contributed by atoms with Gasteiger partial charge in [0.1, 0.15) is 10.1 Å². The summed E-state index contributed by atoms with van der Waals surface area (Å²) >= 11 is 6.35. The Morgan fingerprint density at radius 1 is 1.22 bits per heavy atom. The molecule has 0 spiro atoms. The fourth-order valence-corrected chi connectivity index (χ4v) is 3.80. The van der Waals surface area contributed by atoms with Crippen LogP contribution in [0.4, 0.5) is 10.1 Å². The van der Waals surface area contributed by atoms with Gasteiger partial charge in [-0.05, 0) is 31.2 Å². The summed E-state index contributed by atoms with van der Waals surface area (Å²) in [6.45, 7) is 2.15. The highest BCUT2D eigenvalue weighted by atomic mass is 32.2. The van der Waals surface area contributed by atoms with Gasteiger partial charge >= 0.3 is 0 Å². The maximum Gasteiger partial charge on any atom is 0.266 e. The molecule has 27 heavy (non-hydrogen) atoms. The lowest BCUT2D eigenvalue weighted by molar-refractivity contribution is -0.122. The first-order valence-corrected chi connectivity index (χ1v) is 9.53. The number of amides is 2. The summed E-state index contributed by atoms with van der Waals surface area (Å²) in [6.07, 6.45) is 1.61. The highest BCUT2D eigenvalue weighted by molar-refractivity contribution is 8.26. The van der Waals surface area contributed by atoms with Crippen molar-refractivity contribution in [2.24, 2.45) is 0 Å². The Hall–Kier alpha value is -2.51. The SMILES string of the molecule is Cc1ccc(NC(=O)CCN2C(=O)C(=Cc3ccccc3F)SC2=S)cc1. The van der Waals surface area contributed by atoms with Gasteiger partial charge in [-0.15, -0.1) is 0 Å². The molecule has 1 N–H and O–H groups in total. The number of thiocarbonyl (C=S) groups is 1. The molecule has 0 saturated carbocycles. The molecule has 2 aromatic rings. The van der Waals surface area contributed by atoms with Crippen molar-refractivity contribution in [3.05, 3.63) is 70.4 Å². The van der Waals surface area contributed by atoms with Crippen LogP contribution < -0.4 is 5.32 Å². The second-order valence-corrected chi connectivity index (χ2v) is 7.69. The molecule has 3 rings (SSSR count). The standard InChI is InChI=1S/C20H17FN2O2S2/c1-13-6-8-15(9-7-13)22-18(24)10-11-23-19(25)17(27-20(23)26)12-14-4-2-3-5-16(14)21/h2-9,12H,10-11H2,1H3,(H,22,24). The first-order valence-electron chi connectivity index (χ1n) is 8.30. The summed E-state index contributed by atoms with van der Waals surface area (Å²) in [4.78, 5) is 26.4. The van der Waals surface area contributed by atoms with Gasteiger partial charge in [0.15, 0.2) is 0 Å². The molecule has 2 aromatic carbocycles. The Bertz CT molecular complexity index is 926. The third-order valence-corrected chi connectivity index (χ3v) is 5.34. The number of halogens is 1. The van der Waals surface area contributed by atoms with E-state index in [0.717, 1.165) is 17.3 Å². The number of nitrogens with one attached hydrogen (secondary N) is 1. The van der Waals surface area contributed by atoms with E-state index in [1.165, 1.54) is 17.0 Å². The first kappa shape index (κ1) is 19.3. The molecule has 1 saturated heterocycles. The van der Waals surface area contributed by atoms with Crippen LogP contribution in [-0.4, -0.2) is 27.6 Å². The maximum absolute atomic E-state index is 13.8. The fraction of sp³-hybridized carbons (Fsp3) is 0.150. The minimum absolute atomic E-state index is 0.118. The van der Waals surface area contributed by atoms with Crippen molar-refractivity contribution in [3.8, 4) is 0 Å². The molecule has 1 aliphatic heterocycles. The lowest BCUT2D eigenvalue weighted by atomic mass is 10.2. The van der Waals surface area contributed by atoms with Gasteiger partial charge in [-0.25, -0.2) is 4.39 Å². The first-order chi connectivity index (χ1) is 12.9. The summed E-state index contributed by atoms with van der Waals surface area (Å²) in [5, 5.41) is 2.79. The Labute approximate surface area is 166 Å². The van der Waals surface area contributed by atoms with Gasteiger partial charge in [0, 0.05) is 24.2 Å². The number of nitrogens with zero attached hydrogens (tertiary/aromatic N) is 1. The summed E-state index contributed by atoms with van der Waals surface area (Å²) in [5.41, 5.74) is 2.14. The maximum atomic E-state index is 13.8. The average molecular weight is 401 g/mol. The quantitative estimate of drug-likeness (QED) is 0.598. The molecule has 0 aromatic heterocycles. The molecule has 0 atom stereocenters. The van der Waals surface area contributed by atoms with Crippen molar-refractivity contribution >= 4 is 51.9 Å². The van der Waals surface area contributed by atoms with Gasteiger partial charge in [-0.3, -0.25) is 14.5 Å². The van der Waals surface area contributed by atoms with Crippen molar-refractivity contribution in [2.75, 3.05) is 11.9 Å². The molecular formula is C20H17FN2O2S2. The second kappa shape index (κ2) is 8.45. The Balaban J connectivity index is 1.61. The minimum Gasteiger partial charge on any atom is -0.326 e. The molecule has 0 aliphatic carbocycles. The summed E-state index contributed by atoms with van der Waals surface area (Å²) in [6, 6.07) is 13.7. The van der Waals surface area contributed by atoms with E-state index < -0.39 is 5.82 Å². The van der Waals surface area contributed by atoms with Gasteiger partial charge in [0.25, 0.3) is 5.91 Å². The van der Waals surface area contributed by atoms with Gasteiger partial charge in [-0.2, -0.15) is 0 Å². The van der Waals surface area contributed by atoms with E-state index in [2.05, 4.69) is 5.32 Å². The number of benzene rings is 2. The molecule has 1 aliphatic rings. The number of anilines is 1. The van der Waals surface area contributed by atoms with Crippen molar-refractivity contribution in [2.45, 2.75) is 13.3 Å². The van der Waals surface area contributed by atoms with Crippen molar-refractivity contribution < 1.29 is 14.0 Å². The van der Waals surface area contributed by atoms with Gasteiger partial charge in [-0.1, -0.05) is 59.9 Å². The van der Waals surface area contributed by atoms with Gasteiger partial charge in [0.05, 0.1) is 4.91 Å². The van der Waals surface area contributed by atoms with E-state index in [9.17, 15) is 14.0 Å². The summed E-state index contributed by atoms with van der Waals surface area (Å²) < 4.78 is 14.2. The molecule has 0 unspecified atom stereocenters. The lowest BCUT2D eigenvalue weighted by Gasteiger charge is -2.14. The van der Waals surface area contributed by atoms with Crippen molar-refractivity contribution in [3.63, 3.8) is 0 Å². The smallest absolute Gasteiger partial charge is 0.266 e. The van der Waals surface area contributed by atoms with Crippen LogP contribution in [-0.2, 0) is 9.59 Å². The molecule has 1 fully saturated rings. The van der Waals surface area contributed by atoms with E-state index in [1.807, 2.05) is 31.2 Å².